The Labute approximate surface area is 161 Å². The summed E-state index contributed by atoms with van der Waals surface area (Å²) in [6.07, 6.45) is 3.14. The SMILES string of the molecule is CCN(CC)c1ccc(C(=O)N2CCCCC(c3ccc(F)cc3)C2)cc1. The number of likely N-dealkylation sites (tertiary alicyclic amines) is 1. The van der Waals surface area contributed by atoms with Crippen LogP contribution in [0.5, 0.6) is 0 Å². The molecule has 3 rings (SSSR count). The lowest BCUT2D eigenvalue weighted by Gasteiger charge is -2.25. The molecule has 1 aliphatic heterocycles. The fourth-order valence-corrected chi connectivity index (χ4v) is 3.92. The third kappa shape index (κ3) is 4.68. The molecular weight excluding hydrogens is 339 g/mol. The van der Waals surface area contributed by atoms with E-state index >= 15 is 0 Å². The highest BCUT2D eigenvalue weighted by molar-refractivity contribution is 5.94. The summed E-state index contributed by atoms with van der Waals surface area (Å²) in [5.41, 5.74) is 3.01. The first-order chi connectivity index (χ1) is 13.1. The van der Waals surface area contributed by atoms with E-state index < -0.39 is 0 Å². The van der Waals surface area contributed by atoms with Gasteiger partial charge in [0.25, 0.3) is 5.91 Å². The largest absolute Gasteiger partial charge is 0.372 e. The second-order valence-electron chi connectivity index (χ2n) is 7.21. The fraction of sp³-hybridized carbons (Fsp3) is 0.435. The second-order valence-corrected chi connectivity index (χ2v) is 7.21. The van der Waals surface area contributed by atoms with Crippen LogP contribution in [0.4, 0.5) is 10.1 Å². The molecule has 0 aromatic heterocycles. The highest BCUT2D eigenvalue weighted by Gasteiger charge is 2.24. The van der Waals surface area contributed by atoms with Crippen LogP contribution in [0.15, 0.2) is 48.5 Å². The Morgan fingerprint density at radius 1 is 1.04 bits per heavy atom. The van der Waals surface area contributed by atoms with Gasteiger partial charge in [0, 0.05) is 43.3 Å². The molecule has 144 valence electrons. The number of nitrogens with zero attached hydrogens (tertiary/aromatic N) is 2. The van der Waals surface area contributed by atoms with Crippen molar-refractivity contribution in [3.63, 3.8) is 0 Å². The van der Waals surface area contributed by atoms with E-state index in [1.807, 2.05) is 41.3 Å². The molecule has 1 aliphatic rings. The first-order valence-corrected chi connectivity index (χ1v) is 10.0. The number of hydrogen-bond donors (Lipinski definition) is 0. The zero-order valence-corrected chi connectivity index (χ0v) is 16.3. The number of halogens is 1. The van der Waals surface area contributed by atoms with Crippen LogP contribution in [0.2, 0.25) is 0 Å². The summed E-state index contributed by atoms with van der Waals surface area (Å²) in [5.74, 6) is 0.149. The van der Waals surface area contributed by atoms with Crippen LogP contribution in [0, 0.1) is 5.82 Å². The van der Waals surface area contributed by atoms with Gasteiger partial charge in [-0.1, -0.05) is 18.6 Å². The maximum Gasteiger partial charge on any atom is 0.253 e. The number of anilines is 1. The van der Waals surface area contributed by atoms with Crippen LogP contribution in [0.1, 0.15) is 54.9 Å². The van der Waals surface area contributed by atoms with Gasteiger partial charge in [0.2, 0.25) is 0 Å². The van der Waals surface area contributed by atoms with E-state index in [2.05, 4.69) is 18.7 Å². The standard InChI is InChI=1S/C23H29FN2O/c1-3-25(4-2)22-14-10-19(11-15-22)23(27)26-16-6-5-7-20(17-26)18-8-12-21(24)13-9-18/h8-15,20H,3-7,16-17H2,1-2H3. The Balaban J connectivity index is 1.73. The van der Waals surface area contributed by atoms with Gasteiger partial charge < -0.3 is 9.80 Å². The quantitative estimate of drug-likeness (QED) is 0.735. The van der Waals surface area contributed by atoms with Gasteiger partial charge in [-0.25, -0.2) is 4.39 Å². The molecule has 0 bridgehead atoms. The number of carbonyl (C=O) groups is 1. The Morgan fingerprint density at radius 3 is 2.33 bits per heavy atom. The number of amides is 1. The number of rotatable bonds is 5. The topological polar surface area (TPSA) is 23.6 Å². The Morgan fingerprint density at radius 2 is 1.70 bits per heavy atom. The predicted molar refractivity (Wildman–Crippen MR) is 109 cm³/mol. The molecule has 0 saturated carbocycles. The lowest BCUT2D eigenvalue weighted by atomic mass is 9.94. The number of benzene rings is 2. The molecule has 27 heavy (non-hydrogen) atoms. The Hall–Kier alpha value is -2.36. The van der Waals surface area contributed by atoms with Crippen molar-refractivity contribution < 1.29 is 9.18 Å². The van der Waals surface area contributed by atoms with Crippen molar-refractivity contribution in [3.8, 4) is 0 Å². The molecule has 0 aliphatic carbocycles. The van der Waals surface area contributed by atoms with Gasteiger partial charge in [-0.2, -0.15) is 0 Å². The van der Waals surface area contributed by atoms with Gasteiger partial charge in [0.15, 0.2) is 0 Å². The van der Waals surface area contributed by atoms with Gasteiger partial charge in [0.1, 0.15) is 5.82 Å². The third-order valence-electron chi connectivity index (χ3n) is 5.54. The fourth-order valence-electron chi connectivity index (χ4n) is 3.92. The molecule has 0 N–H and O–H groups in total. The van der Waals surface area contributed by atoms with E-state index in [4.69, 9.17) is 0 Å². The summed E-state index contributed by atoms with van der Waals surface area (Å²) in [7, 11) is 0. The van der Waals surface area contributed by atoms with E-state index in [-0.39, 0.29) is 17.6 Å². The van der Waals surface area contributed by atoms with Crippen molar-refractivity contribution in [2.75, 3.05) is 31.1 Å². The summed E-state index contributed by atoms with van der Waals surface area (Å²) in [6.45, 7) is 7.66. The predicted octanol–water partition coefficient (Wildman–Crippen LogP) is 5.08. The average molecular weight is 368 g/mol. The highest BCUT2D eigenvalue weighted by Crippen LogP contribution is 2.28. The average Bonchev–Trinajstić information content (AvgIpc) is 2.96. The van der Waals surface area contributed by atoms with Crippen LogP contribution < -0.4 is 4.90 Å². The lowest BCUT2D eigenvalue weighted by molar-refractivity contribution is 0.0754. The molecule has 1 amide bonds. The number of carbonyl (C=O) groups excluding carboxylic acids is 1. The minimum atomic E-state index is -0.214. The molecule has 1 heterocycles. The van der Waals surface area contributed by atoms with Crippen LogP contribution in [0.3, 0.4) is 0 Å². The first kappa shape index (κ1) is 19.4. The van der Waals surface area contributed by atoms with Crippen LogP contribution in [-0.2, 0) is 0 Å². The molecule has 1 unspecified atom stereocenters. The van der Waals surface area contributed by atoms with E-state index in [1.54, 1.807) is 0 Å². The highest BCUT2D eigenvalue weighted by atomic mass is 19.1. The minimum absolute atomic E-state index is 0.0927. The van der Waals surface area contributed by atoms with E-state index in [0.717, 1.165) is 55.7 Å². The van der Waals surface area contributed by atoms with Crippen molar-refractivity contribution in [2.24, 2.45) is 0 Å². The van der Waals surface area contributed by atoms with Crippen molar-refractivity contribution in [1.29, 1.82) is 0 Å². The molecule has 3 nitrogen and oxygen atoms in total. The van der Waals surface area contributed by atoms with Gasteiger partial charge in [-0.15, -0.1) is 0 Å². The van der Waals surface area contributed by atoms with Crippen molar-refractivity contribution in [1.82, 2.24) is 4.90 Å². The number of hydrogen-bond acceptors (Lipinski definition) is 2. The van der Waals surface area contributed by atoms with Crippen molar-refractivity contribution in [2.45, 2.75) is 39.0 Å². The maximum atomic E-state index is 13.2. The molecule has 1 saturated heterocycles. The van der Waals surface area contributed by atoms with E-state index in [0.29, 0.717) is 6.54 Å². The molecule has 2 aromatic rings. The van der Waals surface area contributed by atoms with Crippen LogP contribution in [0.25, 0.3) is 0 Å². The summed E-state index contributed by atoms with van der Waals surface area (Å²) >= 11 is 0. The molecule has 4 heteroatoms. The zero-order valence-electron chi connectivity index (χ0n) is 16.3. The van der Waals surface area contributed by atoms with E-state index in [1.165, 1.54) is 12.1 Å². The summed E-state index contributed by atoms with van der Waals surface area (Å²) in [4.78, 5) is 17.3. The zero-order chi connectivity index (χ0) is 19.2. The third-order valence-corrected chi connectivity index (χ3v) is 5.54. The van der Waals surface area contributed by atoms with Gasteiger partial charge in [0.05, 0.1) is 0 Å². The maximum absolute atomic E-state index is 13.2. The summed E-state index contributed by atoms with van der Waals surface area (Å²) < 4.78 is 13.2. The lowest BCUT2D eigenvalue weighted by Crippen LogP contribution is -2.34. The normalized spacial score (nSPS) is 17.4. The van der Waals surface area contributed by atoms with Crippen molar-refractivity contribution >= 4 is 11.6 Å². The van der Waals surface area contributed by atoms with Crippen LogP contribution >= 0.6 is 0 Å². The summed E-state index contributed by atoms with van der Waals surface area (Å²) in [5, 5.41) is 0. The molecular formula is C23H29FN2O. The van der Waals surface area contributed by atoms with Crippen LogP contribution in [-0.4, -0.2) is 37.0 Å². The van der Waals surface area contributed by atoms with Gasteiger partial charge in [-0.05, 0) is 68.7 Å². The molecule has 0 radical (unpaired) electrons. The van der Waals surface area contributed by atoms with Crippen molar-refractivity contribution in [3.05, 3.63) is 65.5 Å². The Kier molecular flexibility index (Phi) is 6.49. The molecule has 2 aromatic carbocycles. The van der Waals surface area contributed by atoms with Gasteiger partial charge >= 0.3 is 0 Å². The minimum Gasteiger partial charge on any atom is -0.372 e. The monoisotopic (exact) mass is 368 g/mol. The van der Waals surface area contributed by atoms with E-state index in [9.17, 15) is 9.18 Å². The summed E-state index contributed by atoms with van der Waals surface area (Å²) in [6, 6.07) is 14.7. The molecule has 1 fully saturated rings. The van der Waals surface area contributed by atoms with Gasteiger partial charge in [-0.3, -0.25) is 4.79 Å². The second kappa shape index (κ2) is 9.03. The molecule has 1 atom stereocenters. The molecule has 0 spiro atoms. The Bertz CT molecular complexity index is 738. The first-order valence-electron chi connectivity index (χ1n) is 10.0. The smallest absolute Gasteiger partial charge is 0.253 e.